The van der Waals surface area contributed by atoms with Crippen molar-refractivity contribution in [1.82, 2.24) is 14.9 Å². The molecular weight excluding hydrogens is 380 g/mol. The predicted octanol–water partition coefficient (Wildman–Crippen LogP) is 3.14. The van der Waals surface area contributed by atoms with E-state index in [1.165, 1.54) is 10.4 Å². The lowest BCUT2D eigenvalue weighted by molar-refractivity contribution is 0.0171. The van der Waals surface area contributed by atoms with Crippen LogP contribution in [0.4, 0.5) is 5.82 Å². The van der Waals surface area contributed by atoms with Gasteiger partial charge in [-0.3, -0.25) is 4.90 Å². The number of nitrogens with one attached hydrogen (secondary N) is 1. The molecule has 8 heteroatoms. The molecule has 0 saturated carbocycles. The summed E-state index contributed by atoms with van der Waals surface area (Å²) in [6, 6.07) is 4.05. The van der Waals surface area contributed by atoms with Gasteiger partial charge < -0.3 is 15.2 Å². The Balaban J connectivity index is 1.56. The number of hydrogen-bond acceptors (Lipinski definition) is 8. The highest BCUT2D eigenvalue weighted by Gasteiger charge is 2.18. The third-order valence-electron chi connectivity index (χ3n) is 4.85. The summed E-state index contributed by atoms with van der Waals surface area (Å²) in [4.78, 5) is 15.1. The Hall–Kier alpha value is -1.58. The van der Waals surface area contributed by atoms with Crippen LogP contribution in [-0.4, -0.2) is 65.5 Å². The molecule has 27 heavy (non-hydrogen) atoms. The van der Waals surface area contributed by atoms with Gasteiger partial charge in [0.15, 0.2) is 5.82 Å². The zero-order valence-corrected chi connectivity index (χ0v) is 17.2. The third kappa shape index (κ3) is 4.14. The molecule has 0 aliphatic carbocycles. The molecule has 2 N–H and O–H groups in total. The van der Waals surface area contributed by atoms with Crippen LogP contribution in [-0.2, 0) is 4.74 Å². The Morgan fingerprint density at radius 2 is 2.11 bits per heavy atom. The molecule has 0 aromatic carbocycles. The van der Waals surface area contributed by atoms with Gasteiger partial charge in [0.05, 0.1) is 29.6 Å². The van der Waals surface area contributed by atoms with E-state index in [4.69, 9.17) is 14.7 Å². The predicted molar refractivity (Wildman–Crippen MR) is 112 cm³/mol. The number of fused-ring (bicyclic) bond motifs is 1. The van der Waals surface area contributed by atoms with Crippen LogP contribution in [0.1, 0.15) is 10.4 Å². The number of β-amino-alcohol motifs (C(OH)–C–C–N with tert-alkyl or cyclic N) is 1. The maximum Gasteiger partial charge on any atom is 0.173 e. The van der Waals surface area contributed by atoms with Crippen molar-refractivity contribution in [1.29, 1.82) is 0 Å². The van der Waals surface area contributed by atoms with Crippen LogP contribution in [0, 0.1) is 13.8 Å². The largest absolute Gasteiger partial charge is 0.390 e. The number of nitrogens with zero attached hydrogens (tertiary/aromatic N) is 3. The molecule has 1 atom stereocenters. The fraction of sp³-hybridized carbons (Fsp3) is 0.474. The summed E-state index contributed by atoms with van der Waals surface area (Å²) in [5.74, 6) is 1.55. The normalized spacial score (nSPS) is 16.7. The van der Waals surface area contributed by atoms with Crippen molar-refractivity contribution in [2.24, 2.45) is 0 Å². The second kappa shape index (κ2) is 8.20. The van der Waals surface area contributed by atoms with Gasteiger partial charge in [0, 0.05) is 31.1 Å². The van der Waals surface area contributed by atoms with E-state index in [2.05, 4.69) is 24.1 Å². The van der Waals surface area contributed by atoms with Crippen molar-refractivity contribution in [3.8, 4) is 10.7 Å². The van der Waals surface area contributed by atoms with E-state index in [1.54, 1.807) is 22.7 Å². The Morgan fingerprint density at radius 1 is 1.30 bits per heavy atom. The van der Waals surface area contributed by atoms with Crippen LogP contribution < -0.4 is 5.32 Å². The number of ether oxygens (including phenoxy) is 1. The van der Waals surface area contributed by atoms with E-state index >= 15 is 0 Å². The van der Waals surface area contributed by atoms with Crippen molar-refractivity contribution in [3.63, 3.8) is 0 Å². The number of aliphatic hydroxyl groups is 1. The van der Waals surface area contributed by atoms with Crippen molar-refractivity contribution < 1.29 is 9.84 Å². The molecule has 1 saturated heterocycles. The minimum atomic E-state index is -0.460. The fourth-order valence-electron chi connectivity index (χ4n) is 3.25. The minimum absolute atomic E-state index is 0.460. The van der Waals surface area contributed by atoms with Crippen molar-refractivity contribution in [2.75, 3.05) is 44.7 Å². The molecule has 4 rings (SSSR count). The second-order valence-electron chi connectivity index (χ2n) is 6.78. The first-order valence-electron chi connectivity index (χ1n) is 9.15. The average Bonchev–Trinajstić information content (AvgIpc) is 3.29. The van der Waals surface area contributed by atoms with Crippen LogP contribution in [0.2, 0.25) is 0 Å². The molecule has 1 aliphatic heterocycles. The number of anilines is 1. The van der Waals surface area contributed by atoms with Crippen LogP contribution in [0.25, 0.3) is 20.9 Å². The first kappa shape index (κ1) is 18.8. The molecule has 3 aromatic rings. The highest BCUT2D eigenvalue weighted by molar-refractivity contribution is 7.19. The maximum atomic E-state index is 10.5. The summed E-state index contributed by atoms with van der Waals surface area (Å²) in [6.45, 7) is 8.56. The number of aliphatic hydroxyl groups excluding tert-OH is 1. The first-order valence-corrected chi connectivity index (χ1v) is 10.8. The molecule has 3 aromatic heterocycles. The van der Waals surface area contributed by atoms with Crippen LogP contribution in [0.15, 0.2) is 17.5 Å². The lowest BCUT2D eigenvalue weighted by Gasteiger charge is -2.28. The van der Waals surface area contributed by atoms with Gasteiger partial charge in [-0.15, -0.1) is 22.7 Å². The van der Waals surface area contributed by atoms with Gasteiger partial charge in [0.1, 0.15) is 10.6 Å². The van der Waals surface area contributed by atoms with E-state index in [9.17, 15) is 5.11 Å². The third-order valence-corrected chi connectivity index (χ3v) is 6.81. The molecule has 0 radical (unpaired) electrons. The van der Waals surface area contributed by atoms with Crippen molar-refractivity contribution in [2.45, 2.75) is 20.0 Å². The van der Waals surface area contributed by atoms with Gasteiger partial charge in [-0.05, 0) is 30.9 Å². The number of rotatable bonds is 6. The van der Waals surface area contributed by atoms with E-state index in [1.807, 2.05) is 17.5 Å². The number of thiophene rings is 2. The van der Waals surface area contributed by atoms with E-state index < -0.39 is 6.10 Å². The van der Waals surface area contributed by atoms with Crippen molar-refractivity contribution in [3.05, 3.63) is 28.0 Å². The fourth-order valence-corrected chi connectivity index (χ4v) is 4.94. The van der Waals surface area contributed by atoms with E-state index in [-0.39, 0.29) is 0 Å². The molecular formula is C19H24N4O2S2. The zero-order chi connectivity index (χ0) is 18.8. The second-order valence-corrected chi connectivity index (χ2v) is 8.94. The van der Waals surface area contributed by atoms with Gasteiger partial charge in [-0.1, -0.05) is 6.07 Å². The molecule has 1 fully saturated rings. The number of aromatic nitrogens is 2. The standard InChI is InChI=1S/C19H24N4O2S2/c1-12-13(2)27-19-16(12)18(21-17(22-19)15-4-3-9-26-15)20-10-14(24)11-23-5-7-25-8-6-23/h3-4,9,14,24H,5-8,10-11H2,1-2H3,(H,20,21,22). The van der Waals surface area contributed by atoms with Gasteiger partial charge in [0.2, 0.25) is 0 Å². The molecule has 0 spiro atoms. The van der Waals surface area contributed by atoms with Gasteiger partial charge in [0.25, 0.3) is 0 Å². The molecule has 4 heterocycles. The van der Waals surface area contributed by atoms with Gasteiger partial charge in [-0.25, -0.2) is 9.97 Å². The highest BCUT2D eigenvalue weighted by atomic mass is 32.1. The molecule has 0 amide bonds. The summed E-state index contributed by atoms with van der Waals surface area (Å²) < 4.78 is 5.37. The molecule has 144 valence electrons. The molecule has 1 unspecified atom stereocenters. The number of morpholine rings is 1. The summed E-state index contributed by atoms with van der Waals surface area (Å²) >= 11 is 3.33. The van der Waals surface area contributed by atoms with Gasteiger partial charge >= 0.3 is 0 Å². The number of aryl methyl sites for hydroxylation is 2. The minimum Gasteiger partial charge on any atom is -0.390 e. The van der Waals surface area contributed by atoms with E-state index in [0.717, 1.165) is 53.0 Å². The monoisotopic (exact) mass is 404 g/mol. The Kier molecular flexibility index (Phi) is 5.70. The zero-order valence-electron chi connectivity index (χ0n) is 15.6. The van der Waals surface area contributed by atoms with Crippen LogP contribution in [0.3, 0.4) is 0 Å². The summed E-state index contributed by atoms with van der Waals surface area (Å²) in [6.07, 6.45) is -0.460. The smallest absolute Gasteiger partial charge is 0.173 e. The maximum absolute atomic E-state index is 10.5. The molecule has 0 bridgehead atoms. The Bertz CT molecular complexity index is 904. The highest BCUT2D eigenvalue weighted by Crippen LogP contribution is 2.35. The Morgan fingerprint density at radius 3 is 2.85 bits per heavy atom. The topological polar surface area (TPSA) is 70.5 Å². The van der Waals surface area contributed by atoms with Crippen molar-refractivity contribution >= 4 is 38.7 Å². The lowest BCUT2D eigenvalue weighted by Crippen LogP contribution is -2.42. The van der Waals surface area contributed by atoms with E-state index in [0.29, 0.717) is 13.1 Å². The number of hydrogen-bond donors (Lipinski definition) is 2. The SMILES string of the molecule is Cc1sc2nc(-c3cccs3)nc(NCC(O)CN3CCOCC3)c2c1C. The lowest BCUT2D eigenvalue weighted by atomic mass is 10.2. The van der Waals surface area contributed by atoms with Crippen LogP contribution >= 0.6 is 22.7 Å². The first-order chi connectivity index (χ1) is 13.1. The quantitative estimate of drug-likeness (QED) is 0.658. The summed E-state index contributed by atoms with van der Waals surface area (Å²) in [5.41, 5.74) is 1.21. The summed E-state index contributed by atoms with van der Waals surface area (Å²) in [7, 11) is 0. The van der Waals surface area contributed by atoms with Crippen LogP contribution in [0.5, 0.6) is 0 Å². The Labute approximate surface area is 166 Å². The molecule has 6 nitrogen and oxygen atoms in total. The van der Waals surface area contributed by atoms with Gasteiger partial charge in [-0.2, -0.15) is 0 Å². The summed E-state index contributed by atoms with van der Waals surface area (Å²) in [5, 5.41) is 17.0. The molecule has 1 aliphatic rings. The average molecular weight is 405 g/mol.